The Balaban J connectivity index is 1.51. The molecule has 3 rings (SSSR count). The van der Waals surface area contributed by atoms with E-state index in [0.717, 1.165) is 16.5 Å². The van der Waals surface area contributed by atoms with Gasteiger partial charge in [-0.15, -0.1) is 0 Å². The van der Waals surface area contributed by atoms with E-state index >= 15 is 0 Å². The van der Waals surface area contributed by atoms with Crippen LogP contribution in [0.25, 0.3) is 0 Å². The van der Waals surface area contributed by atoms with E-state index in [9.17, 15) is 9.59 Å². The van der Waals surface area contributed by atoms with Gasteiger partial charge in [0.15, 0.2) is 0 Å². The monoisotopic (exact) mass is 363 g/mol. The van der Waals surface area contributed by atoms with Gasteiger partial charge in [0.2, 0.25) is 5.91 Å². The lowest BCUT2D eigenvalue weighted by Gasteiger charge is -2.29. The number of fused-ring (bicyclic) bond motifs is 2. The van der Waals surface area contributed by atoms with Crippen LogP contribution in [0.2, 0.25) is 0 Å². The standard InChI is InChI=1S/C19H29N3O2S/c1-12(20-18(24)17-13(2)21-25-14(17)3)11-22(4)16(23)10-19-7-5-15(9-19)6-8-19/h12,15H,5-11H2,1-4H3,(H,20,24). The molecule has 0 saturated heterocycles. The lowest BCUT2D eigenvalue weighted by molar-refractivity contribution is -0.132. The lowest BCUT2D eigenvalue weighted by Crippen LogP contribution is -2.43. The summed E-state index contributed by atoms with van der Waals surface area (Å²) in [7, 11) is 1.85. The van der Waals surface area contributed by atoms with Gasteiger partial charge in [-0.25, -0.2) is 0 Å². The largest absolute Gasteiger partial charge is 0.348 e. The first-order valence-corrected chi connectivity index (χ1v) is 10.0. The third kappa shape index (κ3) is 3.89. The van der Waals surface area contributed by atoms with Crippen LogP contribution in [0, 0.1) is 25.2 Å². The molecule has 2 amide bonds. The normalized spacial score (nSPS) is 25.8. The Kier molecular flexibility index (Phi) is 5.19. The van der Waals surface area contributed by atoms with E-state index in [2.05, 4.69) is 9.69 Å². The highest BCUT2D eigenvalue weighted by Crippen LogP contribution is 2.56. The number of hydrogen-bond acceptors (Lipinski definition) is 4. The quantitative estimate of drug-likeness (QED) is 0.843. The predicted molar refractivity (Wildman–Crippen MR) is 99.8 cm³/mol. The van der Waals surface area contributed by atoms with Gasteiger partial charge in [-0.2, -0.15) is 4.37 Å². The van der Waals surface area contributed by atoms with Crippen LogP contribution in [-0.4, -0.2) is 40.7 Å². The number of carbonyl (C=O) groups is 2. The van der Waals surface area contributed by atoms with Crippen LogP contribution in [0.5, 0.6) is 0 Å². The van der Waals surface area contributed by atoms with E-state index < -0.39 is 0 Å². The number of rotatable bonds is 6. The summed E-state index contributed by atoms with van der Waals surface area (Å²) in [5, 5.41) is 3.01. The average molecular weight is 364 g/mol. The fourth-order valence-corrected chi connectivity index (χ4v) is 5.37. The number of carbonyl (C=O) groups excluding carboxylic acids is 2. The van der Waals surface area contributed by atoms with Gasteiger partial charge in [0.05, 0.1) is 11.3 Å². The predicted octanol–water partition coefficient (Wildman–Crippen LogP) is 3.31. The second-order valence-electron chi connectivity index (χ2n) is 8.17. The highest BCUT2D eigenvalue weighted by atomic mass is 32.1. The van der Waals surface area contributed by atoms with Crippen molar-refractivity contribution < 1.29 is 9.59 Å². The summed E-state index contributed by atoms with van der Waals surface area (Å²) in [4.78, 5) is 27.8. The fraction of sp³-hybridized carbons (Fsp3) is 0.737. The molecule has 2 aliphatic rings. The summed E-state index contributed by atoms with van der Waals surface area (Å²) >= 11 is 1.35. The Labute approximate surface area is 154 Å². The highest BCUT2D eigenvalue weighted by Gasteiger charge is 2.46. The maximum Gasteiger partial charge on any atom is 0.254 e. The smallest absolute Gasteiger partial charge is 0.254 e. The molecule has 1 N–H and O–H groups in total. The van der Waals surface area contributed by atoms with Crippen molar-refractivity contribution in [2.24, 2.45) is 11.3 Å². The molecule has 0 aromatic carbocycles. The van der Waals surface area contributed by atoms with Crippen molar-refractivity contribution in [3.8, 4) is 0 Å². The van der Waals surface area contributed by atoms with Crippen molar-refractivity contribution in [2.45, 2.75) is 65.3 Å². The van der Waals surface area contributed by atoms with Crippen molar-refractivity contribution in [1.82, 2.24) is 14.6 Å². The Morgan fingerprint density at radius 2 is 2.04 bits per heavy atom. The van der Waals surface area contributed by atoms with Gasteiger partial charge >= 0.3 is 0 Å². The maximum absolute atomic E-state index is 12.6. The minimum atomic E-state index is -0.0925. The van der Waals surface area contributed by atoms with Crippen molar-refractivity contribution in [1.29, 1.82) is 0 Å². The van der Waals surface area contributed by atoms with Crippen LogP contribution in [0.3, 0.4) is 0 Å². The third-order valence-corrected chi connectivity index (χ3v) is 6.87. The zero-order valence-electron chi connectivity index (χ0n) is 15.7. The van der Waals surface area contributed by atoms with Crippen molar-refractivity contribution in [3.63, 3.8) is 0 Å². The molecule has 0 spiro atoms. The molecule has 0 aliphatic heterocycles. The molecule has 1 unspecified atom stereocenters. The molecular formula is C19H29N3O2S. The van der Waals surface area contributed by atoms with Gasteiger partial charge in [-0.05, 0) is 75.7 Å². The minimum absolute atomic E-state index is 0.0856. The molecule has 1 atom stereocenters. The number of amides is 2. The van der Waals surface area contributed by atoms with Gasteiger partial charge in [0.25, 0.3) is 5.91 Å². The molecular weight excluding hydrogens is 334 g/mol. The van der Waals surface area contributed by atoms with E-state index in [4.69, 9.17) is 0 Å². The molecule has 0 radical (unpaired) electrons. The van der Waals surface area contributed by atoms with Gasteiger partial charge < -0.3 is 10.2 Å². The Hall–Kier alpha value is -1.43. The number of aryl methyl sites for hydroxylation is 2. The number of nitrogens with zero attached hydrogens (tertiary/aromatic N) is 2. The molecule has 25 heavy (non-hydrogen) atoms. The number of hydrogen-bond donors (Lipinski definition) is 1. The number of nitrogens with one attached hydrogen (secondary N) is 1. The van der Waals surface area contributed by atoms with Gasteiger partial charge in [0.1, 0.15) is 0 Å². The van der Waals surface area contributed by atoms with E-state index in [0.29, 0.717) is 18.5 Å². The van der Waals surface area contributed by atoms with Gasteiger partial charge in [0, 0.05) is 30.9 Å². The summed E-state index contributed by atoms with van der Waals surface area (Å²) in [5.41, 5.74) is 1.72. The first-order valence-electron chi connectivity index (χ1n) is 9.27. The van der Waals surface area contributed by atoms with Crippen LogP contribution in [0.1, 0.15) is 66.4 Å². The van der Waals surface area contributed by atoms with E-state index in [1.165, 1.54) is 43.6 Å². The van der Waals surface area contributed by atoms with Crippen LogP contribution in [0.4, 0.5) is 0 Å². The molecule has 2 bridgehead atoms. The van der Waals surface area contributed by atoms with Gasteiger partial charge in [-0.3, -0.25) is 9.59 Å². The summed E-state index contributed by atoms with van der Waals surface area (Å²) in [6, 6.07) is -0.0856. The van der Waals surface area contributed by atoms with Crippen LogP contribution in [0.15, 0.2) is 0 Å². The number of aromatic nitrogens is 1. The van der Waals surface area contributed by atoms with Crippen LogP contribution >= 0.6 is 11.5 Å². The fourth-order valence-electron chi connectivity index (χ4n) is 4.68. The Morgan fingerprint density at radius 3 is 2.56 bits per heavy atom. The first kappa shape index (κ1) is 18.4. The van der Waals surface area contributed by atoms with E-state index in [1.54, 1.807) is 4.90 Å². The second kappa shape index (κ2) is 7.06. The zero-order valence-corrected chi connectivity index (χ0v) is 16.5. The summed E-state index contributed by atoms with van der Waals surface area (Å²) < 4.78 is 4.23. The summed E-state index contributed by atoms with van der Waals surface area (Å²) in [6.07, 6.45) is 6.95. The Bertz CT molecular complexity index is 642. The van der Waals surface area contributed by atoms with Crippen molar-refractivity contribution >= 4 is 23.3 Å². The third-order valence-electron chi connectivity index (χ3n) is 6.03. The van der Waals surface area contributed by atoms with Crippen molar-refractivity contribution in [2.75, 3.05) is 13.6 Å². The lowest BCUT2D eigenvalue weighted by atomic mass is 9.81. The molecule has 6 heteroatoms. The first-order chi connectivity index (χ1) is 11.8. The molecule has 5 nitrogen and oxygen atoms in total. The average Bonchev–Trinajstić information content (AvgIpc) is 3.21. The molecule has 1 heterocycles. The van der Waals surface area contributed by atoms with E-state index in [1.807, 2.05) is 27.8 Å². The molecule has 2 saturated carbocycles. The maximum atomic E-state index is 12.6. The van der Waals surface area contributed by atoms with Crippen LogP contribution < -0.4 is 5.32 Å². The van der Waals surface area contributed by atoms with Crippen molar-refractivity contribution in [3.05, 3.63) is 16.1 Å². The van der Waals surface area contributed by atoms with Gasteiger partial charge in [-0.1, -0.05) is 0 Å². The molecule has 2 fully saturated rings. The summed E-state index contributed by atoms with van der Waals surface area (Å²) in [5.74, 6) is 0.986. The summed E-state index contributed by atoms with van der Waals surface area (Å²) in [6.45, 7) is 6.26. The SMILES string of the molecule is Cc1nsc(C)c1C(=O)NC(C)CN(C)C(=O)CC12CCC(CC1)C2. The molecule has 1 aromatic rings. The molecule has 138 valence electrons. The second-order valence-corrected chi connectivity index (χ2v) is 9.15. The zero-order chi connectivity index (χ0) is 18.2. The molecule has 2 aliphatic carbocycles. The Morgan fingerprint density at radius 1 is 1.36 bits per heavy atom. The highest BCUT2D eigenvalue weighted by molar-refractivity contribution is 7.06. The van der Waals surface area contributed by atoms with Crippen LogP contribution in [-0.2, 0) is 4.79 Å². The molecule has 1 aromatic heterocycles. The topological polar surface area (TPSA) is 62.3 Å². The van der Waals surface area contributed by atoms with E-state index in [-0.39, 0.29) is 23.3 Å². The number of likely N-dealkylation sites (N-methyl/N-ethyl adjacent to an activating group) is 1. The minimum Gasteiger partial charge on any atom is -0.348 e.